The summed E-state index contributed by atoms with van der Waals surface area (Å²) < 4.78 is 12.2. The number of carbonyl (C=O) groups excluding carboxylic acids is 1. The molecule has 0 fully saturated rings. The first kappa shape index (κ1) is 21.6. The highest BCUT2D eigenvalue weighted by molar-refractivity contribution is 6.31. The monoisotopic (exact) mass is 460 g/mol. The number of fused-ring (bicyclic) bond motifs is 3. The quantitative estimate of drug-likeness (QED) is 0.468. The van der Waals surface area contributed by atoms with Crippen LogP contribution >= 0.6 is 11.6 Å². The van der Waals surface area contributed by atoms with Crippen LogP contribution in [0.4, 0.5) is 5.69 Å². The largest absolute Gasteiger partial charge is 0.478 e. The molecule has 0 unspecified atom stereocenters. The highest BCUT2D eigenvalue weighted by Gasteiger charge is 2.35. The predicted molar refractivity (Wildman–Crippen MR) is 131 cm³/mol. The molecular weight excluding hydrogens is 436 g/mol. The van der Waals surface area contributed by atoms with Gasteiger partial charge in [-0.15, -0.1) is 0 Å². The minimum Gasteiger partial charge on any atom is -0.478 e. The first-order valence-corrected chi connectivity index (χ1v) is 11.2. The van der Waals surface area contributed by atoms with E-state index in [1.54, 1.807) is 6.08 Å². The van der Waals surface area contributed by atoms with Gasteiger partial charge >= 0.3 is 0 Å². The maximum atomic E-state index is 13.2. The molecule has 5 nitrogen and oxygen atoms in total. The minimum absolute atomic E-state index is 0.0924. The molecule has 0 saturated carbocycles. The van der Waals surface area contributed by atoms with Crippen molar-refractivity contribution in [1.29, 1.82) is 0 Å². The molecule has 6 heteroatoms. The van der Waals surface area contributed by atoms with E-state index >= 15 is 0 Å². The molecule has 168 valence electrons. The topological polar surface area (TPSA) is 42.0 Å². The molecule has 0 aromatic heterocycles. The van der Waals surface area contributed by atoms with Crippen LogP contribution in [-0.4, -0.2) is 31.5 Å². The number of rotatable bonds is 4. The molecule has 0 bridgehead atoms. The molecule has 2 aliphatic heterocycles. The molecule has 0 radical (unpaired) electrons. The number of aryl methyl sites for hydroxylation is 1. The van der Waals surface area contributed by atoms with E-state index in [-0.39, 0.29) is 5.78 Å². The molecule has 2 aliphatic rings. The fourth-order valence-electron chi connectivity index (χ4n) is 4.26. The van der Waals surface area contributed by atoms with Crippen LogP contribution in [0, 0.1) is 6.92 Å². The SMILES string of the molecule is Cc1cc2c(c3c1C(=O)/C(=C/c1ccc(N(C)C)cc1)O3)CN(Cc1ccccc1Cl)CO2. The average molecular weight is 461 g/mol. The molecule has 5 rings (SSSR count). The number of benzene rings is 3. The minimum atomic E-state index is -0.0924. The second kappa shape index (κ2) is 8.58. The van der Waals surface area contributed by atoms with E-state index in [1.165, 1.54) is 0 Å². The van der Waals surface area contributed by atoms with Gasteiger partial charge in [-0.3, -0.25) is 9.69 Å². The Morgan fingerprint density at radius 3 is 2.61 bits per heavy atom. The zero-order chi connectivity index (χ0) is 23.1. The van der Waals surface area contributed by atoms with Gasteiger partial charge in [0.25, 0.3) is 0 Å². The van der Waals surface area contributed by atoms with E-state index in [9.17, 15) is 4.79 Å². The lowest BCUT2D eigenvalue weighted by Gasteiger charge is -2.30. The Morgan fingerprint density at radius 1 is 1.12 bits per heavy atom. The second-order valence-electron chi connectivity index (χ2n) is 8.65. The Hall–Kier alpha value is -3.28. The Bertz CT molecular complexity index is 1270. The molecule has 3 aromatic carbocycles. The van der Waals surface area contributed by atoms with Gasteiger partial charge in [0.1, 0.15) is 18.2 Å². The molecule has 0 amide bonds. The summed E-state index contributed by atoms with van der Waals surface area (Å²) in [5, 5.41) is 0.731. The molecule has 0 aliphatic carbocycles. The maximum absolute atomic E-state index is 13.2. The van der Waals surface area contributed by atoms with Gasteiger partial charge in [-0.2, -0.15) is 0 Å². The van der Waals surface area contributed by atoms with Crippen LogP contribution in [0.15, 0.2) is 60.4 Å². The molecule has 0 saturated heterocycles. The number of allylic oxidation sites excluding steroid dienone is 1. The van der Waals surface area contributed by atoms with Crippen LogP contribution in [0.2, 0.25) is 5.02 Å². The Kier molecular flexibility index (Phi) is 5.60. The fraction of sp³-hybridized carbons (Fsp3) is 0.222. The second-order valence-corrected chi connectivity index (χ2v) is 9.06. The number of halogens is 1. The van der Waals surface area contributed by atoms with Gasteiger partial charge in [0.2, 0.25) is 5.78 Å². The smallest absolute Gasteiger partial charge is 0.232 e. The van der Waals surface area contributed by atoms with Crippen LogP contribution in [0.25, 0.3) is 6.08 Å². The Morgan fingerprint density at radius 2 is 1.88 bits per heavy atom. The van der Waals surface area contributed by atoms with Gasteiger partial charge in [0, 0.05) is 37.9 Å². The van der Waals surface area contributed by atoms with Crippen molar-refractivity contribution in [1.82, 2.24) is 4.90 Å². The summed E-state index contributed by atoms with van der Waals surface area (Å²) in [6.45, 7) is 3.64. The van der Waals surface area contributed by atoms with Gasteiger partial charge in [-0.1, -0.05) is 41.9 Å². The first-order valence-electron chi connectivity index (χ1n) is 10.9. The summed E-state index contributed by atoms with van der Waals surface area (Å²) >= 11 is 6.35. The summed E-state index contributed by atoms with van der Waals surface area (Å²) in [5.74, 6) is 1.62. The van der Waals surface area contributed by atoms with Crippen LogP contribution in [0.5, 0.6) is 11.5 Å². The van der Waals surface area contributed by atoms with Crippen molar-refractivity contribution in [3.05, 3.63) is 93.2 Å². The van der Waals surface area contributed by atoms with Crippen LogP contribution in [0.3, 0.4) is 0 Å². The number of hydrogen-bond donors (Lipinski definition) is 0. The molecule has 3 aromatic rings. The predicted octanol–water partition coefficient (Wildman–Crippen LogP) is 5.68. The number of nitrogens with zero attached hydrogens (tertiary/aromatic N) is 2. The third-order valence-corrected chi connectivity index (χ3v) is 6.42. The number of Topliss-reactive ketones (excluding diaryl/α,β-unsaturated/α-hetero) is 1. The summed E-state index contributed by atoms with van der Waals surface area (Å²) in [4.78, 5) is 17.4. The highest BCUT2D eigenvalue weighted by atomic mass is 35.5. The molecule has 2 heterocycles. The zero-order valence-electron chi connectivity index (χ0n) is 18.9. The fourth-order valence-corrected chi connectivity index (χ4v) is 4.46. The zero-order valence-corrected chi connectivity index (χ0v) is 19.6. The van der Waals surface area contributed by atoms with E-state index in [0.29, 0.717) is 36.9 Å². The summed E-state index contributed by atoms with van der Waals surface area (Å²) in [6, 6.07) is 17.8. The van der Waals surface area contributed by atoms with E-state index in [2.05, 4.69) is 4.90 Å². The van der Waals surface area contributed by atoms with Crippen molar-refractivity contribution in [3.63, 3.8) is 0 Å². The van der Waals surface area contributed by atoms with Crippen LogP contribution < -0.4 is 14.4 Å². The number of anilines is 1. The number of ether oxygens (including phenoxy) is 2. The van der Waals surface area contributed by atoms with Crippen molar-refractivity contribution in [3.8, 4) is 11.5 Å². The normalized spacial score (nSPS) is 16.2. The molecule has 0 spiro atoms. The van der Waals surface area contributed by atoms with Crippen molar-refractivity contribution >= 4 is 29.1 Å². The van der Waals surface area contributed by atoms with E-state index < -0.39 is 0 Å². The van der Waals surface area contributed by atoms with Gasteiger partial charge in [-0.05, 0) is 54.0 Å². The van der Waals surface area contributed by atoms with Crippen LogP contribution in [-0.2, 0) is 13.1 Å². The summed E-state index contributed by atoms with van der Waals surface area (Å²) in [6.07, 6.45) is 1.80. The summed E-state index contributed by atoms with van der Waals surface area (Å²) in [5.41, 5.74) is 5.43. The molecular formula is C27H25ClN2O3. The van der Waals surface area contributed by atoms with Gasteiger partial charge in [0.15, 0.2) is 5.76 Å². The van der Waals surface area contributed by atoms with Crippen molar-refractivity contribution in [2.24, 2.45) is 0 Å². The highest BCUT2D eigenvalue weighted by Crippen LogP contribution is 2.44. The lowest BCUT2D eigenvalue weighted by atomic mass is 9.98. The van der Waals surface area contributed by atoms with E-state index in [1.807, 2.05) is 80.5 Å². The standard InChI is InChI=1S/C27H25ClN2O3/c1-17-12-23-21(15-30(16-32-23)14-19-6-4-5-7-22(19)28)27-25(17)26(31)24(33-27)13-18-8-10-20(11-9-18)29(2)3/h4-13H,14-16H2,1-3H3/b24-13-. The number of carbonyl (C=O) groups is 1. The lowest BCUT2D eigenvalue weighted by molar-refractivity contribution is 0.0872. The molecule has 0 N–H and O–H groups in total. The average Bonchev–Trinajstić information content (AvgIpc) is 3.13. The lowest BCUT2D eigenvalue weighted by Crippen LogP contribution is -2.32. The van der Waals surface area contributed by atoms with Gasteiger partial charge in [-0.25, -0.2) is 0 Å². The van der Waals surface area contributed by atoms with Crippen molar-refractivity contribution < 1.29 is 14.3 Å². The third-order valence-electron chi connectivity index (χ3n) is 6.05. The van der Waals surface area contributed by atoms with Crippen LogP contribution in [0.1, 0.15) is 32.6 Å². The van der Waals surface area contributed by atoms with Crippen molar-refractivity contribution in [2.45, 2.75) is 20.0 Å². The summed E-state index contributed by atoms with van der Waals surface area (Å²) in [7, 11) is 3.99. The van der Waals surface area contributed by atoms with Crippen molar-refractivity contribution in [2.75, 3.05) is 25.7 Å². The first-order chi connectivity index (χ1) is 15.9. The van der Waals surface area contributed by atoms with E-state index in [4.69, 9.17) is 21.1 Å². The van der Waals surface area contributed by atoms with E-state index in [0.717, 1.165) is 38.7 Å². The third kappa shape index (κ3) is 4.10. The Balaban J connectivity index is 1.44. The Labute approximate surface area is 198 Å². The molecule has 33 heavy (non-hydrogen) atoms. The van der Waals surface area contributed by atoms with Gasteiger partial charge in [0.05, 0.1) is 11.1 Å². The van der Waals surface area contributed by atoms with Gasteiger partial charge < -0.3 is 14.4 Å². The number of ketones is 1. The molecule has 0 atom stereocenters. The number of hydrogen-bond acceptors (Lipinski definition) is 5. The maximum Gasteiger partial charge on any atom is 0.232 e.